The van der Waals surface area contributed by atoms with Gasteiger partial charge in [0.2, 0.25) is 0 Å². The number of thiophene rings is 1. The van der Waals surface area contributed by atoms with Gasteiger partial charge in [-0.3, -0.25) is 10.1 Å². The molecule has 0 radical (unpaired) electrons. The Hall–Kier alpha value is -3.97. The standard InChI is InChI=1S/C23H15N5OS/c29-15-8-14(11-24-12-15)13-3-4-19-18(9-13)22(28-27-19)20-10-17-16(21-2-1-7-30-21)5-6-25-23(17)26-20/h1-12,29H,(H,25,26)(H,27,28). The molecule has 0 aliphatic heterocycles. The first-order valence-electron chi connectivity index (χ1n) is 9.41. The molecule has 0 amide bonds. The van der Waals surface area contributed by atoms with Crippen LogP contribution in [0.1, 0.15) is 0 Å². The molecule has 6 aromatic rings. The summed E-state index contributed by atoms with van der Waals surface area (Å²) in [6.07, 6.45) is 4.99. The third-order valence-corrected chi connectivity index (χ3v) is 6.10. The zero-order valence-corrected chi connectivity index (χ0v) is 16.4. The van der Waals surface area contributed by atoms with Crippen molar-refractivity contribution in [3.05, 3.63) is 72.5 Å². The highest BCUT2D eigenvalue weighted by Crippen LogP contribution is 2.35. The van der Waals surface area contributed by atoms with Crippen molar-refractivity contribution in [1.29, 1.82) is 0 Å². The molecular weight excluding hydrogens is 394 g/mol. The predicted octanol–water partition coefficient (Wildman–Crippen LogP) is 5.60. The van der Waals surface area contributed by atoms with E-state index >= 15 is 0 Å². The van der Waals surface area contributed by atoms with E-state index in [0.717, 1.165) is 50.0 Å². The number of nitrogens with one attached hydrogen (secondary N) is 2. The maximum atomic E-state index is 9.77. The van der Waals surface area contributed by atoms with Gasteiger partial charge in [0.15, 0.2) is 0 Å². The van der Waals surface area contributed by atoms with Crippen molar-refractivity contribution in [3.8, 4) is 38.7 Å². The summed E-state index contributed by atoms with van der Waals surface area (Å²) in [6, 6.07) is 16.1. The average molecular weight is 409 g/mol. The van der Waals surface area contributed by atoms with Gasteiger partial charge in [0.25, 0.3) is 0 Å². The number of pyridine rings is 2. The van der Waals surface area contributed by atoms with Crippen molar-refractivity contribution in [2.24, 2.45) is 0 Å². The molecule has 30 heavy (non-hydrogen) atoms. The van der Waals surface area contributed by atoms with Crippen LogP contribution in [-0.4, -0.2) is 30.3 Å². The van der Waals surface area contributed by atoms with Gasteiger partial charge in [-0.05, 0) is 47.3 Å². The van der Waals surface area contributed by atoms with Crippen molar-refractivity contribution < 1.29 is 5.11 Å². The van der Waals surface area contributed by atoms with Gasteiger partial charge >= 0.3 is 0 Å². The molecule has 0 atom stereocenters. The van der Waals surface area contributed by atoms with Crippen LogP contribution < -0.4 is 0 Å². The Balaban J connectivity index is 1.52. The zero-order chi connectivity index (χ0) is 20.1. The summed E-state index contributed by atoms with van der Waals surface area (Å²) in [6.45, 7) is 0. The number of hydrogen-bond acceptors (Lipinski definition) is 5. The molecule has 5 aromatic heterocycles. The van der Waals surface area contributed by atoms with Crippen molar-refractivity contribution in [2.75, 3.05) is 0 Å². The van der Waals surface area contributed by atoms with Gasteiger partial charge < -0.3 is 10.1 Å². The molecule has 6 rings (SSSR count). The van der Waals surface area contributed by atoms with E-state index in [1.54, 1.807) is 23.6 Å². The number of benzene rings is 1. The van der Waals surface area contributed by atoms with Crippen LogP contribution in [0.5, 0.6) is 5.75 Å². The smallest absolute Gasteiger partial charge is 0.138 e. The molecule has 0 spiro atoms. The van der Waals surface area contributed by atoms with E-state index in [1.165, 1.54) is 11.1 Å². The van der Waals surface area contributed by atoms with Crippen LogP contribution in [0.3, 0.4) is 0 Å². The summed E-state index contributed by atoms with van der Waals surface area (Å²) in [4.78, 5) is 13.2. The Morgan fingerprint density at radius 1 is 0.933 bits per heavy atom. The number of aromatic nitrogens is 5. The second-order valence-electron chi connectivity index (χ2n) is 7.05. The van der Waals surface area contributed by atoms with Crippen molar-refractivity contribution in [1.82, 2.24) is 25.1 Å². The number of H-pyrrole nitrogens is 2. The number of hydrogen-bond donors (Lipinski definition) is 3. The van der Waals surface area contributed by atoms with Gasteiger partial charge in [0.1, 0.15) is 17.1 Å². The lowest BCUT2D eigenvalue weighted by molar-refractivity contribution is 0.473. The lowest BCUT2D eigenvalue weighted by Gasteiger charge is -2.02. The number of nitrogens with zero attached hydrogens (tertiary/aromatic N) is 3. The molecule has 0 unspecified atom stereocenters. The van der Waals surface area contributed by atoms with E-state index in [9.17, 15) is 5.11 Å². The van der Waals surface area contributed by atoms with Gasteiger partial charge in [-0.1, -0.05) is 12.1 Å². The highest BCUT2D eigenvalue weighted by molar-refractivity contribution is 7.13. The van der Waals surface area contributed by atoms with Crippen molar-refractivity contribution >= 4 is 33.3 Å². The molecule has 0 aliphatic rings. The second kappa shape index (κ2) is 6.53. The molecule has 0 fully saturated rings. The van der Waals surface area contributed by atoms with Crippen LogP contribution in [-0.2, 0) is 0 Å². The topological polar surface area (TPSA) is 90.5 Å². The van der Waals surface area contributed by atoms with E-state index in [-0.39, 0.29) is 5.75 Å². The van der Waals surface area contributed by atoms with Crippen LogP contribution in [0.2, 0.25) is 0 Å². The van der Waals surface area contributed by atoms with Crippen LogP contribution >= 0.6 is 11.3 Å². The van der Waals surface area contributed by atoms with E-state index in [2.05, 4.69) is 54.8 Å². The predicted molar refractivity (Wildman–Crippen MR) is 119 cm³/mol. The van der Waals surface area contributed by atoms with Crippen molar-refractivity contribution in [3.63, 3.8) is 0 Å². The normalized spacial score (nSPS) is 11.5. The minimum absolute atomic E-state index is 0.141. The summed E-state index contributed by atoms with van der Waals surface area (Å²) in [7, 11) is 0. The third kappa shape index (κ3) is 2.67. The summed E-state index contributed by atoms with van der Waals surface area (Å²) in [5.41, 5.74) is 6.47. The molecule has 5 heterocycles. The van der Waals surface area contributed by atoms with Crippen LogP contribution in [0.4, 0.5) is 0 Å². The van der Waals surface area contributed by atoms with Crippen LogP contribution in [0, 0.1) is 0 Å². The maximum absolute atomic E-state index is 9.77. The molecule has 0 saturated carbocycles. The molecule has 0 bridgehead atoms. The molecule has 6 nitrogen and oxygen atoms in total. The molecule has 3 N–H and O–H groups in total. The molecule has 0 aliphatic carbocycles. The molecule has 1 aromatic carbocycles. The summed E-state index contributed by atoms with van der Waals surface area (Å²) >= 11 is 1.71. The van der Waals surface area contributed by atoms with Gasteiger partial charge in [0, 0.05) is 39.2 Å². The van der Waals surface area contributed by atoms with Crippen LogP contribution in [0.25, 0.3) is 54.9 Å². The lowest BCUT2D eigenvalue weighted by atomic mass is 10.0. The van der Waals surface area contributed by atoms with E-state index in [0.29, 0.717) is 0 Å². The quantitative estimate of drug-likeness (QED) is 0.355. The Labute approximate surface area is 174 Å². The van der Waals surface area contributed by atoms with E-state index < -0.39 is 0 Å². The number of rotatable bonds is 3. The Morgan fingerprint density at radius 2 is 1.90 bits per heavy atom. The van der Waals surface area contributed by atoms with E-state index in [4.69, 9.17) is 0 Å². The first-order valence-corrected chi connectivity index (χ1v) is 10.3. The molecule has 144 valence electrons. The number of aromatic hydroxyl groups is 1. The van der Waals surface area contributed by atoms with Gasteiger partial charge in [-0.15, -0.1) is 11.3 Å². The fourth-order valence-corrected chi connectivity index (χ4v) is 4.55. The summed E-state index contributed by atoms with van der Waals surface area (Å²) in [5, 5.41) is 21.6. The molecule has 7 heteroatoms. The zero-order valence-electron chi connectivity index (χ0n) is 15.6. The second-order valence-corrected chi connectivity index (χ2v) is 7.99. The lowest BCUT2D eigenvalue weighted by Crippen LogP contribution is -1.82. The largest absolute Gasteiger partial charge is 0.506 e. The first kappa shape index (κ1) is 16.9. The highest BCUT2D eigenvalue weighted by atomic mass is 32.1. The minimum Gasteiger partial charge on any atom is -0.506 e. The molecule has 0 saturated heterocycles. The minimum atomic E-state index is 0.141. The summed E-state index contributed by atoms with van der Waals surface area (Å²) < 4.78 is 0. The van der Waals surface area contributed by atoms with Crippen LogP contribution in [0.15, 0.2) is 72.5 Å². The fourth-order valence-electron chi connectivity index (χ4n) is 3.79. The highest BCUT2D eigenvalue weighted by Gasteiger charge is 2.15. The Kier molecular flexibility index (Phi) is 3.69. The average Bonchev–Trinajstić information content (AvgIpc) is 3.51. The SMILES string of the molecule is Oc1cncc(-c2ccc3[nH]nc(-c4cc5c(-c6cccs6)ccnc5[nH]4)c3c2)c1. The van der Waals surface area contributed by atoms with Gasteiger partial charge in [-0.2, -0.15) is 5.10 Å². The maximum Gasteiger partial charge on any atom is 0.138 e. The van der Waals surface area contributed by atoms with Gasteiger partial charge in [-0.25, -0.2) is 4.98 Å². The fraction of sp³-hybridized carbons (Fsp3) is 0. The number of aromatic amines is 2. The monoisotopic (exact) mass is 409 g/mol. The van der Waals surface area contributed by atoms with Gasteiger partial charge in [0.05, 0.1) is 17.4 Å². The first-order chi connectivity index (χ1) is 14.8. The Morgan fingerprint density at radius 3 is 2.77 bits per heavy atom. The number of fused-ring (bicyclic) bond motifs is 2. The Bertz CT molecular complexity index is 1510. The van der Waals surface area contributed by atoms with E-state index in [1.807, 2.05) is 24.4 Å². The third-order valence-electron chi connectivity index (χ3n) is 5.19. The molecular formula is C23H15N5OS. The summed E-state index contributed by atoms with van der Waals surface area (Å²) in [5.74, 6) is 0.141. The van der Waals surface area contributed by atoms with Crippen molar-refractivity contribution in [2.45, 2.75) is 0 Å².